The Morgan fingerprint density at radius 3 is 2.24 bits per heavy atom. The van der Waals surface area contributed by atoms with Crippen LogP contribution >= 0.6 is 0 Å². The molecule has 0 saturated carbocycles. The average molecular weight is 240 g/mol. The third-order valence-electron chi connectivity index (χ3n) is 2.42. The summed E-state index contributed by atoms with van der Waals surface area (Å²) in [7, 11) is 1.82. The summed E-state index contributed by atoms with van der Waals surface area (Å²) in [5.41, 5.74) is 0. The zero-order chi connectivity index (χ0) is 13.4. The molecule has 0 atom stereocenters. The maximum absolute atomic E-state index is 11.7. The van der Waals surface area contributed by atoms with Gasteiger partial charge in [-0.15, -0.1) is 0 Å². The summed E-state index contributed by atoms with van der Waals surface area (Å²) in [5.74, 6) is 0.505. The number of carbonyl (C=O) groups excluding carboxylic acids is 2. The van der Waals surface area contributed by atoms with Crippen molar-refractivity contribution in [2.75, 3.05) is 13.1 Å². The minimum absolute atomic E-state index is 0.0459. The second-order valence-electron chi connectivity index (χ2n) is 5.07. The molecule has 0 aliphatic heterocycles. The normalized spacial score (nSPS) is 10.7. The largest absolute Gasteiger partial charge is 0.352 e. The Hall–Kier alpha value is -0.995. The fourth-order valence-electron chi connectivity index (χ4n) is 1.47. The maximum atomic E-state index is 11.7. The number of amides is 2. The van der Waals surface area contributed by atoms with Gasteiger partial charge >= 0.3 is 0 Å². The molecule has 0 rings (SSSR count). The van der Waals surface area contributed by atoms with E-state index >= 15 is 0 Å². The summed E-state index contributed by atoms with van der Waals surface area (Å²) in [6, 6.07) is 0.117. The third kappa shape index (κ3) is 7.83. The van der Waals surface area contributed by atoms with Crippen LogP contribution in [-0.2, 0) is 9.59 Å². The molecule has 4 nitrogen and oxygen atoms in total. The Bertz CT molecular complexity index is 255. The molecule has 0 aromatic heterocycles. The van der Waals surface area contributed by atoms with Crippen LogP contribution in [0.25, 0.3) is 0 Å². The summed E-state index contributed by atoms with van der Waals surface area (Å²) < 4.78 is 0. The van der Waals surface area contributed by atoms with Gasteiger partial charge in [-0.1, -0.05) is 13.8 Å². The molecule has 98 valence electrons. The third-order valence-corrected chi connectivity index (χ3v) is 2.42. The summed E-state index contributed by atoms with van der Waals surface area (Å²) in [5, 5.41) is 2.81. The number of carbonyl (C=O) groups is 2. The lowest BCUT2D eigenvalue weighted by atomic mass is 10.0. The highest BCUT2D eigenvalue weighted by molar-refractivity contribution is 6.19. The van der Waals surface area contributed by atoms with E-state index in [-0.39, 0.29) is 24.4 Å². The Morgan fingerprint density at radius 2 is 1.82 bits per heavy atom. The van der Waals surface area contributed by atoms with Crippen molar-refractivity contribution in [1.82, 2.24) is 10.2 Å². The molecule has 0 aromatic rings. The first-order valence-corrected chi connectivity index (χ1v) is 6.43. The Labute approximate surface area is 106 Å². The number of nitrogens with one attached hydrogen (secondary N) is 1. The van der Waals surface area contributed by atoms with Gasteiger partial charge < -0.3 is 10.2 Å². The molecule has 0 radical (unpaired) electrons. The summed E-state index contributed by atoms with van der Waals surface area (Å²) >= 11 is 0. The minimum Gasteiger partial charge on any atom is -0.352 e. The fraction of sp³-hybridized carbons (Fsp3) is 0.833. The van der Waals surface area contributed by atoms with E-state index in [0.29, 0.717) is 18.8 Å². The van der Waals surface area contributed by atoms with E-state index in [1.807, 2.05) is 21.7 Å². The van der Waals surface area contributed by atoms with Crippen molar-refractivity contribution in [3.05, 3.63) is 0 Å². The molecule has 17 heavy (non-hydrogen) atoms. The zero-order valence-electron chi connectivity index (χ0n) is 11.7. The van der Waals surface area contributed by atoms with Crippen molar-refractivity contribution in [1.29, 1.82) is 0 Å². The van der Waals surface area contributed by atoms with Crippen LogP contribution in [0.2, 0.25) is 6.32 Å². The Kier molecular flexibility index (Phi) is 7.67. The highest BCUT2D eigenvalue weighted by Crippen LogP contribution is 2.03. The molecule has 0 bridgehead atoms. The predicted molar refractivity (Wildman–Crippen MR) is 72.7 cm³/mol. The molecule has 0 unspecified atom stereocenters. The smallest absolute Gasteiger partial charge is 0.239 e. The first-order chi connectivity index (χ1) is 7.86. The molecule has 0 fully saturated rings. The lowest BCUT2D eigenvalue weighted by molar-refractivity contribution is -0.134. The molecular formula is C12H25BN2O2. The van der Waals surface area contributed by atoms with Crippen molar-refractivity contribution in [3.8, 4) is 0 Å². The molecule has 0 aromatic carbocycles. The summed E-state index contributed by atoms with van der Waals surface area (Å²) in [6.45, 7) is 8.90. The van der Waals surface area contributed by atoms with E-state index in [4.69, 9.17) is 0 Å². The van der Waals surface area contributed by atoms with Gasteiger partial charge in [0.1, 0.15) is 7.85 Å². The van der Waals surface area contributed by atoms with Gasteiger partial charge in [0.2, 0.25) is 11.8 Å². The molecular weight excluding hydrogens is 215 g/mol. The van der Waals surface area contributed by atoms with Crippen LogP contribution in [0.1, 0.15) is 34.1 Å². The lowest BCUT2D eigenvalue weighted by Gasteiger charge is -2.23. The van der Waals surface area contributed by atoms with Crippen LogP contribution < -0.4 is 5.32 Å². The fourth-order valence-corrected chi connectivity index (χ4v) is 1.47. The van der Waals surface area contributed by atoms with Gasteiger partial charge in [0.25, 0.3) is 0 Å². The zero-order valence-corrected chi connectivity index (χ0v) is 11.7. The van der Waals surface area contributed by atoms with Gasteiger partial charge in [-0.2, -0.15) is 0 Å². The quantitative estimate of drug-likeness (QED) is 0.656. The van der Waals surface area contributed by atoms with E-state index in [1.165, 1.54) is 0 Å². The number of rotatable bonds is 7. The van der Waals surface area contributed by atoms with Crippen LogP contribution in [0.5, 0.6) is 0 Å². The van der Waals surface area contributed by atoms with E-state index in [0.717, 1.165) is 6.42 Å². The predicted octanol–water partition coefficient (Wildman–Crippen LogP) is 0.437. The van der Waals surface area contributed by atoms with Gasteiger partial charge in [-0.05, 0) is 32.5 Å². The van der Waals surface area contributed by atoms with Crippen LogP contribution in [-0.4, -0.2) is 43.7 Å². The van der Waals surface area contributed by atoms with Gasteiger partial charge in [0.05, 0.1) is 6.54 Å². The molecule has 5 heteroatoms. The van der Waals surface area contributed by atoms with Crippen molar-refractivity contribution >= 4 is 19.7 Å². The average Bonchev–Trinajstić information content (AvgIpc) is 2.21. The Morgan fingerprint density at radius 1 is 1.24 bits per heavy atom. The lowest BCUT2D eigenvalue weighted by Crippen LogP contribution is -2.43. The molecule has 2 amide bonds. The Balaban J connectivity index is 4.28. The topological polar surface area (TPSA) is 49.4 Å². The monoisotopic (exact) mass is 240 g/mol. The highest BCUT2D eigenvalue weighted by atomic mass is 16.2. The first-order valence-electron chi connectivity index (χ1n) is 6.43. The second kappa shape index (κ2) is 8.15. The van der Waals surface area contributed by atoms with Crippen molar-refractivity contribution in [2.45, 2.75) is 46.5 Å². The number of hydrogen-bond acceptors (Lipinski definition) is 2. The van der Waals surface area contributed by atoms with Crippen molar-refractivity contribution < 1.29 is 9.59 Å². The van der Waals surface area contributed by atoms with Crippen LogP contribution in [0.15, 0.2) is 0 Å². The van der Waals surface area contributed by atoms with Gasteiger partial charge in [-0.3, -0.25) is 9.59 Å². The summed E-state index contributed by atoms with van der Waals surface area (Å²) in [4.78, 5) is 25.0. The minimum atomic E-state index is -0.0782. The van der Waals surface area contributed by atoms with Crippen LogP contribution in [0, 0.1) is 5.92 Å². The van der Waals surface area contributed by atoms with Gasteiger partial charge in [0.15, 0.2) is 0 Å². The van der Waals surface area contributed by atoms with E-state index in [2.05, 4.69) is 19.2 Å². The standard InChI is InChI=1S/C12H25BN2O2/c1-9(2)5-6-15(12(17)7-13)8-11(16)14-10(3)4/h9-10H,5-8,13H2,1-4H3,(H,14,16). The number of nitrogens with zero attached hydrogens (tertiary/aromatic N) is 1. The molecule has 0 aliphatic rings. The second-order valence-corrected chi connectivity index (χ2v) is 5.07. The molecule has 0 spiro atoms. The van der Waals surface area contributed by atoms with E-state index < -0.39 is 0 Å². The van der Waals surface area contributed by atoms with Gasteiger partial charge in [0, 0.05) is 12.6 Å². The van der Waals surface area contributed by atoms with E-state index in [1.54, 1.807) is 4.90 Å². The molecule has 0 saturated heterocycles. The first kappa shape index (κ1) is 16.0. The van der Waals surface area contributed by atoms with Crippen molar-refractivity contribution in [2.24, 2.45) is 5.92 Å². The van der Waals surface area contributed by atoms with Crippen LogP contribution in [0.4, 0.5) is 0 Å². The highest BCUT2D eigenvalue weighted by Gasteiger charge is 2.16. The van der Waals surface area contributed by atoms with Crippen molar-refractivity contribution in [3.63, 3.8) is 0 Å². The summed E-state index contributed by atoms with van der Waals surface area (Å²) in [6.07, 6.45) is 1.38. The molecule has 0 aliphatic carbocycles. The SMILES string of the molecule is BCC(=O)N(CCC(C)C)CC(=O)NC(C)C. The number of hydrogen-bond donors (Lipinski definition) is 1. The molecule has 1 N–H and O–H groups in total. The van der Waals surface area contributed by atoms with Crippen LogP contribution in [0.3, 0.4) is 0 Å². The van der Waals surface area contributed by atoms with E-state index in [9.17, 15) is 9.59 Å². The molecule has 0 heterocycles. The maximum Gasteiger partial charge on any atom is 0.239 e. The van der Waals surface area contributed by atoms with Gasteiger partial charge in [-0.25, -0.2) is 0 Å².